The van der Waals surface area contributed by atoms with Gasteiger partial charge in [-0.15, -0.1) is 0 Å². The van der Waals surface area contributed by atoms with Crippen LogP contribution in [0.2, 0.25) is 0 Å². The van der Waals surface area contributed by atoms with Gasteiger partial charge in [0.1, 0.15) is 5.82 Å². The van der Waals surface area contributed by atoms with Gasteiger partial charge in [-0.2, -0.15) is 0 Å². The largest absolute Gasteiger partial charge is 0.481 e. The van der Waals surface area contributed by atoms with Gasteiger partial charge in [-0.1, -0.05) is 5.92 Å². The molecule has 1 aromatic heterocycles. The fraction of sp³-hybridized carbons (Fsp3) is 0.350. The number of aliphatic carboxylic acids is 1. The highest BCUT2D eigenvalue weighted by atomic mass is 19.1. The van der Waals surface area contributed by atoms with Crippen molar-refractivity contribution in [1.82, 2.24) is 14.9 Å². The molecule has 1 N–H and O–H groups in total. The predicted octanol–water partition coefficient (Wildman–Crippen LogP) is 2.24. The highest BCUT2D eigenvalue weighted by molar-refractivity contribution is 5.71. The van der Waals surface area contributed by atoms with Crippen molar-refractivity contribution in [3.8, 4) is 11.8 Å². The summed E-state index contributed by atoms with van der Waals surface area (Å²) < 4.78 is 12.9. The molecule has 0 saturated heterocycles. The Morgan fingerprint density at radius 3 is 2.73 bits per heavy atom. The Morgan fingerprint density at radius 1 is 1.23 bits per heavy atom. The summed E-state index contributed by atoms with van der Waals surface area (Å²) in [5.41, 5.74) is 2.81. The van der Waals surface area contributed by atoms with E-state index < -0.39 is 5.97 Å². The lowest BCUT2D eigenvalue weighted by atomic mass is 9.78. The van der Waals surface area contributed by atoms with Crippen molar-refractivity contribution in [3.05, 3.63) is 58.9 Å². The van der Waals surface area contributed by atoms with E-state index >= 15 is 0 Å². The first kappa shape index (κ1) is 16.7. The number of carbonyl (C=O) groups is 1. The lowest BCUT2D eigenvalue weighted by Crippen LogP contribution is -2.48. The zero-order chi connectivity index (χ0) is 18.1. The number of rotatable bonds is 2. The molecule has 1 aliphatic carbocycles. The predicted molar refractivity (Wildman–Crippen MR) is 92.7 cm³/mol. The lowest BCUT2D eigenvalue weighted by molar-refractivity contribution is -0.147. The Morgan fingerprint density at radius 2 is 2.00 bits per heavy atom. The topological polar surface area (TPSA) is 66.3 Å². The number of benzene rings is 1. The van der Waals surface area contributed by atoms with E-state index in [2.05, 4.69) is 26.7 Å². The SMILES string of the molecule is O=C(O)C1CC(N2CCc3nc(C#Cc4ccc(F)cc4)ncc3C2)C1. The first-order valence-corrected chi connectivity index (χ1v) is 8.68. The third-order valence-corrected chi connectivity index (χ3v) is 5.11. The number of aromatic nitrogens is 2. The Balaban J connectivity index is 1.43. The summed E-state index contributed by atoms with van der Waals surface area (Å²) in [4.78, 5) is 22.2. The fourth-order valence-electron chi connectivity index (χ4n) is 3.46. The molecule has 0 radical (unpaired) electrons. The van der Waals surface area contributed by atoms with Crippen molar-refractivity contribution in [2.75, 3.05) is 6.54 Å². The van der Waals surface area contributed by atoms with Crippen molar-refractivity contribution >= 4 is 5.97 Å². The van der Waals surface area contributed by atoms with Crippen molar-refractivity contribution in [1.29, 1.82) is 0 Å². The van der Waals surface area contributed by atoms with E-state index in [1.54, 1.807) is 12.1 Å². The zero-order valence-corrected chi connectivity index (χ0v) is 14.2. The molecule has 1 saturated carbocycles. The molecule has 1 aliphatic heterocycles. The minimum absolute atomic E-state index is 0.193. The molecular formula is C20H18FN3O2. The summed E-state index contributed by atoms with van der Waals surface area (Å²) in [6, 6.07) is 6.36. The van der Waals surface area contributed by atoms with Gasteiger partial charge >= 0.3 is 5.97 Å². The number of halogens is 1. The molecule has 0 atom stereocenters. The molecule has 0 spiro atoms. The number of carboxylic acid groups (broad SMARTS) is 1. The van der Waals surface area contributed by atoms with Gasteiger partial charge in [0.15, 0.2) is 0 Å². The van der Waals surface area contributed by atoms with Crippen LogP contribution in [0.15, 0.2) is 30.5 Å². The third-order valence-electron chi connectivity index (χ3n) is 5.11. The molecule has 26 heavy (non-hydrogen) atoms. The van der Waals surface area contributed by atoms with Gasteiger partial charge in [-0.05, 0) is 43.0 Å². The number of nitrogens with zero attached hydrogens (tertiary/aromatic N) is 3. The molecule has 132 valence electrons. The van der Waals surface area contributed by atoms with E-state index in [4.69, 9.17) is 5.11 Å². The summed E-state index contributed by atoms with van der Waals surface area (Å²) in [5, 5.41) is 9.01. The molecule has 6 heteroatoms. The Labute approximate surface area is 150 Å². The van der Waals surface area contributed by atoms with Crippen LogP contribution in [0.3, 0.4) is 0 Å². The zero-order valence-electron chi connectivity index (χ0n) is 14.2. The molecule has 5 nitrogen and oxygen atoms in total. The first-order chi connectivity index (χ1) is 12.6. The summed E-state index contributed by atoms with van der Waals surface area (Å²) >= 11 is 0. The molecule has 1 fully saturated rings. The minimum Gasteiger partial charge on any atom is -0.481 e. The van der Waals surface area contributed by atoms with Gasteiger partial charge in [0.25, 0.3) is 0 Å². The van der Waals surface area contributed by atoms with Crippen LogP contribution in [-0.4, -0.2) is 38.5 Å². The Bertz CT molecular complexity index is 896. The molecule has 1 aromatic carbocycles. The van der Waals surface area contributed by atoms with Crippen molar-refractivity contribution in [3.63, 3.8) is 0 Å². The van der Waals surface area contributed by atoms with E-state index in [1.807, 2.05) is 6.20 Å². The van der Waals surface area contributed by atoms with Crippen LogP contribution in [-0.2, 0) is 17.8 Å². The monoisotopic (exact) mass is 351 g/mol. The Kier molecular flexibility index (Phi) is 4.39. The summed E-state index contributed by atoms with van der Waals surface area (Å²) in [6.45, 7) is 1.64. The van der Waals surface area contributed by atoms with Gasteiger partial charge < -0.3 is 5.11 Å². The quantitative estimate of drug-likeness (QED) is 0.841. The average Bonchev–Trinajstić information content (AvgIpc) is 2.59. The third kappa shape index (κ3) is 3.44. The molecular weight excluding hydrogens is 333 g/mol. The maximum Gasteiger partial charge on any atom is 0.306 e. The molecule has 4 rings (SSSR count). The second kappa shape index (κ2) is 6.85. The van der Waals surface area contributed by atoms with Crippen LogP contribution in [0.25, 0.3) is 0 Å². The van der Waals surface area contributed by atoms with E-state index in [-0.39, 0.29) is 11.7 Å². The standard InChI is InChI=1S/C20H18FN3O2/c21-16-4-1-13(2-5-16)3-6-19-22-11-15-12-24(8-7-18(15)23-19)17-9-14(10-17)20(25)26/h1-2,4-5,11,14,17H,7-10,12H2,(H,25,26). The number of fused-ring (bicyclic) bond motifs is 1. The van der Waals surface area contributed by atoms with Crippen LogP contribution in [0, 0.1) is 23.6 Å². The maximum atomic E-state index is 12.9. The number of hydrogen-bond acceptors (Lipinski definition) is 4. The molecule has 0 bridgehead atoms. The van der Waals surface area contributed by atoms with Crippen molar-refractivity contribution in [2.24, 2.45) is 5.92 Å². The van der Waals surface area contributed by atoms with E-state index in [1.165, 1.54) is 12.1 Å². The van der Waals surface area contributed by atoms with Crippen LogP contribution < -0.4 is 0 Å². The normalized spacial score (nSPS) is 21.9. The van der Waals surface area contributed by atoms with Gasteiger partial charge in [0, 0.05) is 42.9 Å². The number of carboxylic acids is 1. The second-order valence-corrected chi connectivity index (χ2v) is 6.80. The molecule has 0 unspecified atom stereocenters. The van der Waals surface area contributed by atoms with Gasteiger partial charge in [0.05, 0.1) is 11.6 Å². The molecule has 2 aromatic rings. The summed E-state index contributed by atoms with van der Waals surface area (Å²) in [7, 11) is 0. The average molecular weight is 351 g/mol. The van der Waals surface area contributed by atoms with Crippen molar-refractivity contribution in [2.45, 2.75) is 31.8 Å². The smallest absolute Gasteiger partial charge is 0.306 e. The van der Waals surface area contributed by atoms with Gasteiger partial charge in [0.2, 0.25) is 5.82 Å². The summed E-state index contributed by atoms with van der Waals surface area (Å²) in [5.74, 6) is 5.18. The highest BCUT2D eigenvalue weighted by Crippen LogP contribution is 2.34. The van der Waals surface area contributed by atoms with E-state index in [0.29, 0.717) is 11.9 Å². The van der Waals surface area contributed by atoms with Gasteiger partial charge in [-0.3, -0.25) is 9.69 Å². The molecule has 2 aliphatic rings. The van der Waals surface area contributed by atoms with Crippen molar-refractivity contribution < 1.29 is 14.3 Å². The van der Waals surface area contributed by atoms with Crippen LogP contribution >= 0.6 is 0 Å². The van der Waals surface area contributed by atoms with Crippen LogP contribution in [0.5, 0.6) is 0 Å². The molecule has 2 heterocycles. The fourth-order valence-corrected chi connectivity index (χ4v) is 3.46. The van der Waals surface area contributed by atoms with Crippen LogP contribution in [0.4, 0.5) is 4.39 Å². The van der Waals surface area contributed by atoms with Gasteiger partial charge in [-0.25, -0.2) is 14.4 Å². The van der Waals surface area contributed by atoms with E-state index in [0.717, 1.165) is 49.2 Å². The summed E-state index contributed by atoms with van der Waals surface area (Å²) in [6.07, 6.45) is 4.09. The first-order valence-electron chi connectivity index (χ1n) is 8.68. The Hall–Kier alpha value is -2.78. The minimum atomic E-state index is -0.689. The molecule has 0 amide bonds. The lowest BCUT2D eigenvalue weighted by Gasteiger charge is -2.43. The maximum absolute atomic E-state index is 12.9. The highest BCUT2D eigenvalue weighted by Gasteiger charge is 2.38. The van der Waals surface area contributed by atoms with Crippen LogP contribution in [0.1, 0.15) is 35.5 Å². The number of hydrogen-bond donors (Lipinski definition) is 1. The second-order valence-electron chi connectivity index (χ2n) is 6.80. The van der Waals surface area contributed by atoms with E-state index in [9.17, 15) is 9.18 Å².